The summed E-state index contributed by atoms with van der Waals surface area (Å²) in [6.07, 6.45) is 1.06. The van der Waals surface area contributed by atoms with Crippen molar-refractivity contribution >= 4 is 11.8 Å². The zero-order valence-corrected chi connectivity index (χ0v) is 10.2. The molecule has 5 nitrogen and oxygen atoms in total. The number of nitrogens with zero attached hydrogens (tertiary/aromatic N) is 2. The number of carboxylic acids is 1. The fraction of sp³-hybridized carbons (Fsp3) is 0.214. The van der Waals surface area contributed by atoms with Gasteiger partial charge in [0.05, 0.1) is 0 Å². The van der Waals surface area contributed by atoms with Crippen LogP contribution >= 0.6 is 0 Å². The van der Waals surface area contributed by atoms with Crippen LogP contribution in [-0.2, 0) is 0 Å². The van der Waals surface area contributed by atoms with Crippen molar-refractivity contribution in [3.05, 3.63) is 53.7 Å². The molecule has 0 saturated heterocycles. The second kappa shape index (κ2) is 4.68. The van der Waals surface area contributed by atoms with Crippen molar-refractivity contribution in [1.29, 1.82) is 0 Å². The molecular formula is C14H13N3O2. The number of rotatable bonds is 4. The molecule has 0 radical (unpaired) electrons. The number of aromatic nitrogens is 2. The summed E-state index contributed by atoms with van der Waals surface area (Å²) in [7, 11) is 0. The molecule has 2 aromatic rings. The van der Waals surface area contributed by atoms with E-state index in [1.807, 2.05) is 18.2 Å². The Bertz CT molecular complexity index is 583. The SMILES string of the molecule is O=C(O)c1ccc(NC2CC2c2ccccc2)nn1. The van der Waals surface area contributed by atoms with Crippen LogP contribution in [0, 0.1) is 0 Å². The molecule has 0 bridgehead atoms. The van der Waals surface area contributed by atoms with Crippen molar-refractivity contribution in [2.45, 2.75) is 18.4 Å². The summed E-state index contributed by atoms with van der Waals surface area (Å²) < 4.78 is 0. The number of benzene rings is 1. The number of anilines is 1. The average Bonchev–Trinajstić information content (AvgIpc) is 3.20. The summed E-state index contributed by atoms with van der Waals surface area (Å²) in [5.74, 6) is 0.0585. The zero-order valence-electron chi connectivity index (χ0n) is 10.2. The first-order chi connectivity index (χ1) is 9.24. The highest BCUT2D eigenvalue weighted by Gasteiger charge is 2.38. The van der Waals surface area contributed by atoms with E-state index < -0.39 is 5.97 Å². The Morgan fingerprint density at radius 1 is 1.16 bits per heavy atom. The molecule has 2 N–H and O–H groups in total. The molecule has 1 heterocycles. The van der Waals surface area contributed by atoms with E-state index in [-0.39, 0.29) is 5.69 Å². The molecule has 1 saturated carbocycles. The maximum absolute atomic E-state index is 10.7. The smallest absolute Gasteiger partial charge is 0.356 e. The van der Waals surface area contributed by atoms with Crippen LogP contribution in [0.1, 0.15) is 28.4 Å². The summed E-state index contributed by atoms with van der Waals surface area (Å²) in [4.78, 5) is 10.7. The van der Waals surface area contributed by atoms with Crippen molar-refractivity contribution in [3.63, 3.8) is 0 Å². The molecule has 2 atom stereocenters. The fourth-order valence-electron chi connectivity index (χ4n) is 2.14. The van der Waals surface area contributed by atoms with E-state index in [9.17, 15) is 4.79 Å². The Kier molecular flexibility index (Phi) is 2.87. The van der Waals surface area contributed by atoms with Crippen LogP contribution in [0.5, 0.6) is 0 Å². The molecular weight excluding hydrogens is 242 g/mol. The van der Waals surface area contributed by atoms with E-state index in [1.54, 1.807) is 6.07 Å². The molecule has 19 heavy (non-hydrogen) atoms. The molecule has 5 heteroatoms. The van der Waals surface area contributed by atoms with Gasteiger partial charge in [-0.3, -0.25) is 0 Å². The molecule has 96 valence electrons. The predicted molar refractivity (Wildman–Crippen MR) is 70.2 cm³/mol. The first kappa shape index (κ1) is 11.6. The molecule has 1 aliphatic rings. The van der Waals surface area contributed by atoms with E-state index >= 15 is 0 Å². The minimum atomic E-state index is -1.06. The van der Waals surface area contributed by atoms with Crippen LogP contribution in [0.25, 0.3) is 0 Å². The Morgan fingerprint density at radius 3 is 2.58 bits per heavy atom. The van der Waals surface area contributed by atoms with Gasteiger partial charge >= 0.3 is 5.97 Å². The van der Waals surface area contributed by atoms with Gasteiger partial charge in [0, 0.05) is 12.0 Å². The van der Waals surface area contributed by atoms with E-state index in [4.69, 9.17) is 5.11 Å². The van der Waals surface area contributed by atoms with Gasteiger partial charge in [-0.25, -0.2) is 4.79 Å². The number of hydrogen-bond donors (Lipinski definition) is 2. The van der Waals surface area contributed by atoms with Gasteiger partial charge in [0.25, 0.3) is 0 Å². The van der Waals surface area contributed by atoms with E-state index in [1.165, 1.54) is 11.6 Å². The van der Waals surface area contributed by atoms with Gasteiger partial charge in [-0.05, 0) is 24.1 Å². The van der Waals surface area contributed by atoms with Gasteiger partial charge in [0.2, 0.25) is 0 Å². The second-order valence-electron chi connectivity index (χ2n) is 4.61. The van der Waals surface area contributed by atoms with Crippen LogP contribution in [-0.4, -0.2) is 27.3 Å². The van der Waals surface area contributed by atoms with E-state index in [0.29, 0.717) is 17.8 Å². The third-order valence-electron chi connectivity index (χ3n) is 3.24. The standard InChI is InChI=1S/C14H13N3O2/c18-14(19)11-6-7-13(17-16-11)15-12-8-10(12)9-4-2-1-3-5-9/h1-7,10,12H,8H2,(H,15,17)(H,18,19). The fourth-order valence-corrected chi connectivity index (χ4v) is 2.14. The lowest BCUT2D eigenvalue weighted by atomic mass is 10.1. The monoisotopic (exact) mass is 255 g/mol. The van der Waals surface area contributed by atoms with Crippen molar-refractivity contribution in [3.8, 4) is 0 Å². The Balaban J connectivity index is 1.63. The van der Waals surface area contributed by atoms with Crippen molar-refractivity contribution in [2.75, 3.05) is 5.32 Å². The third kappa shape index (κ3) is 2.54. The van der Waals surface area contributed by atoms with Gasteiger partial charge < -0.3 is 10.4 Å². The van der Waals surface area contributed by atoms with Crippen LogP contribution in [0.15, 0.2) is 42.5 Å². The highest BCUT2D eigenvalue weighted by atomic mass is 16.4. The molecule has 0 amide bonds. The first-order valence-electron chi connectivity index (χ1n) is 6.12. The molecule has 1 fully saturated rings. The molecule has 1 aromatic heterocycles. The molecule has 0 aliphatic heterocycles. The molecule has 1 aromatic carbocycles. The van der Waals surface area contributed by atoms with Crippen LogP contribution in [0.3, 0.4) is 0 Å². The number of carboxylic acid groups (broad SMARTS) is 1. The topological polar surface area (TPSA) is 75.1 Å². The summed E-state index contributed by atoms with van der Waals surface area (Å²) >= 11 is 0. The molecule has 2 unspecified atom stereocenters. The number of aromatic carboxylic acids is 1. The molecule has 3 rings (SSSR count). The predicted octanol–water partition coefficient (Wildman–Crippen LogP) is 2.14. The highest BCUT2D eigenvalue weighted by Crippen LogP contribution is 2.42. The summed E-state index contributed by atoms with van der Waals surface area (Å²) in [5.41, 5.74) is 1.27. The van der Waals surface area contributed by atoms with E-state index in [2.05, 4.69) is 27.6 Å². The zero-order chi connectivity index (χ0) is 13.2. The molecule has 1 aliphatic carbocycles. The van der Waals surface area contributed by atoms with Gasteiger partial charge in [-0.1, -0.05) is 30.3 Å². The van der Waals surface area contributed by atoms with Crippen molar-refractivity contribution in [2.24, 2.45) is 0 Å². The summed E-state index contributed by atoms with van der Waals surface area (Å²) in [5, 5.41) is 19.5. The van der Waals surface area contributed by atoms with Crippen molar-refractivity contribution < 1.29 is 9.90 Å². The third-order valence-corrected chi connectivity index (χ3v) is 3.24. The van der Waals surface area contributed by atoms with E-state index in [0.717, 1.165) is 6.42 Å². The number of hydrogen-bond acceptors (Lipinski definition) is 4. The quantitative estimate of drug-likeness (QED) is 0.875. The Hall–Kier alpha value is -2.43. The normalized spacial score (nSPS) is 20.8. The van der Waals surface area contributed by atoms with Gasteiger partial charge in [0.1, 0.15) is 5.82 Å². The van der Waals surface area contributed by atoms with Gasteiger partial charge in [0.15, 0.2) is 5.69 Å². The maximum Gasteiger partial charge on any atom is 0.356 e. The summed E-state index contributed by atoms with van der Waals surface area (Å²) in [6, 6.07) is 13.8. The lowest BCUT2D eigenvalue weighted by Crippen LogP contribution is -2.08. The Morgan fingerprint density at radius 2 is 1.95 bits per heavy atom. The number of carbonyl (C=O) groups is 1. The maximum atomic E-state index is 10.7. The lowest BCUT2D eigenvalue weighted by molar-refractivity contribution is 0.0689. The summed E-state index contributed by atoms with van der Waals surface area (Å²) in [6.45, 7) is 0. The minimum Gasteiger partial charge on any atom is -0.476 e. The van der Waals surface area contributed by atoms with Gasteiger partial charge in [-0.15, -0.1) is 10.2 Å². The van der Waals surface area contributed by atoms with Crippen molar-refractivity contribution in [1.82, 2.24) is 10.2 Å². The largest absolute Gasteiger partial charge is 0.476 e. The number of nitrogens with one attached hydrogen (secondary N) is 1. The van der Waals surface area contributed by atoms with Crippen LogP contribution in [0.2, 0.25) is 0 Å². The molecule has 0 spiro atoms. The Labute approximate surface area is 110 Å². The van der Waals surface area contributed by atoms with Crippen LogP contribution in [0.4, 0.5) is 5.82 Å². The lowest BCUT2D eigenvalue weighted by Gasteiger charge is -2.04. The minimum absolute atomic E-state index is 0.0408. The average molecular weight is 255 g/mol. The van der Waals surface area contributed by atoms with Crippen LogP contribution < -0.4 is 5.32 Å². The highest BCUT2D eigenvalue weighted by molar-refractivity contribution is 5.85. The first-order valence-corrected chi connectivity index (χ1v) is 6.12. The van der Waals surface area contributed by atoms with Gasteiger partial charge in [-0.2, -0.15) is 0 Å². The second-order valence-corrected chi connectivity index (χ2v) is 4.61.